The molecule has 0 aromatic carbocycles. The van der Waals surface area contributed by atoms with Crippen LogP contribution in [0.4, 0.5) is 0 Å². The van der Waals surface area contributed by atoms with Gasteiger partial charge in [-0.15, -0.1) is 0 Å². The lowest BCUT2D eigenvalue weighted by Gasteiger charge is -2.24. The lowest BCUT2D eigenvalue weighted by atomic mass is 10.0. The fourth-order valence-electron chi connectivity index (χ4n) is 8.18. The van der Waals surface area contributed by atoms with Crippen molar-refractivity contribution >= 4 is 13.7 Å². The molecule has 10 heteroatoms. The number of aliphatic hydroxyl groups is 2. The Hall–Kier alpha value is -0.800. The highest BCUT2D eigenvalue weighted by Crippen LogP contribution is 2.43. The van der Waals surface area contributed by atoms with E-state index in [0.29, 0.717) is 6.42 Å². The SMILES string of the molecule is CCCCCCCCCCCCCCCCCCC/C=C/C(O)C(COP(=O)(O)OCCN)NC(=O)CC(O)CCCCCCCCCCCCCCCCCCCCCC. The third kappa shape index (κ3) is 45.6. The fourth-order valence-corrected chi connectivity index (χ4v) is 8.94. The molecule has 364 valence electrons. The summed E-state index contributed by atoms with van der Waals surface area (Å²) >= 11 is 0. The Morgan fingerprint density at radius 1 is 0.557 bits per heavy atom. The molecule has 4 unspecified atom stereocenters. The maximum atomic E-state index is 12.9. The van der Waals surface area contributed by atoms with Gasteiger partial charge in [0, 0.05) is 6.54 Å². The lowest BCUT2D eigenvalue weighted by molar-refractivity contribution is -0.124. The zero-order valence-corrected chi connectivity index (χ0v) is 41.2. The van der Waals surface area contributed by atoms with Crippen molar-refractivity contribution < 1.29 is 33.5 Å². The third-order valence-electron chi connectivity index (χ3n) is 12.2. The molecule has 0 saturated carbocycles. The minimum absolute atomic E-state index is 0.0518. The minimum atomic E-state index is -4.40. The number of hydrogen-bond acceptors (Lipinski definition) is 7. The molecule has 0 aliphatic carbocycles. The van der Waals surface area contributed by atoms with E-state index >= 15 is 0 Å². The van der Waals surface area contributed by atoms with Crippen LogP contribution >= 0.6 is 7.82 Å². The second-order valence-electron chi connectivity index (χ2n) is 18.3. The van der Waals surface area contributed by atoms with E-state index in [1.165, 1.54) is 205 Å². The van der Waals surface area contributed by atoms with Gasteiger partial charge in [-0.05, 0) is 19.3 Å². The van der Waals surface area contributed by atoms with E-state index < -0.39 is 38.6 Å². The van der Waals surface area contributed by atoms with E-state index in [0.717, 1.165) is 38.5 Å². The Morgan fingerprint density at radius 2 is 0.902 bits per heavy atom. The summed E-state index contributed by atoms with van der Waals surface area (Å²) in [6, 6.07) is -0.979. The molecule has 0 rings (SSSR count). The number of phosphoric acid groups is 1. The Labute approximate surface area is 378 Å². The van der Waals surface area contributed by atoms with Gasteiger partial charge in [-0.3, -0.25) is 13.8 Å². The predicted molar refractivity (Wildman–Crippen MR) is 260 cm³/mol. The summed E-state index contributed by atoms with van der Waals surface area (Å²) in [6.07, 6.45) is 51.6. The topological polar surface area (TPSA) is 151 Å². The van der Waals surface area contributed by atoms with Crippen LogP contribution in [0.2, 0.25) is 0 Å². The third-order valence-corrected chi connectivity index (χ3v) is 13.2. The molecule has 4 atom stereocenters. The number of rotatable bonds is 50. The number of hydrogen-bond donors (Lipinski definition) is 5. The fraction of sp³-hybridized carbons (Fsp3) is 0.941. The van der Waals surface area contributed by atoms with Gasteiger partial charge in [-0.2, -0.15) is 0 Å². The van der Waals surface area contributed by atoms with E-state index in [-0.39, 0.29) is 19.6 Å². The molecule has 0 aromatic heterocycles. The largest absolute Gasteiger partial charge is 0.472 e. The molecule has 6 N–H and O–H groups in total. The molecule has 0 aromatic rings. The number of carbonyl (C=O) groups excluding carboxylic acids is 1. The molecule has 9 nitrogen and oxygen atoms in total. The van der Waals surface area contributed by atoms with Crippen molar-refractivity contribution in [1.82, 2.24) is 5.32 Å². The Bertz CT molecular complexity index is 987. The molecular weight excluding hydrogens is 784 g/mol. The molecular formula is C51H103N2O7P. The van der Waals surface area contributed by atoms with Gasteiger partial charge in [0.05, 0.1) is 37.9 Å². The van der Waals surface area contributed by atoms with Gasteiger partial charge in [0.25, 0.3) is 0 Å². The minimum Gasteiger partial charge on any atom is -0.393 e. The van der Waals surface area contributed by atoms with Gasteiger partial charge in [-0.1, -0.05) is 257 Å². The summed E-state index contributed by atoms with van der Waals surface area (Å²) in [5.41, 5.74) is 5.39. The van der Waals surface area contributed by atoms with Crippen molar-refractivity contribution in [2.24, 2.45) is 5.73 Å². The van der Waals surface area contributed by atoms with Crippen LogP contribution in [0.15, 0.2) is 12.2 Å². The molecule has 0 radical (unpaired) electrons. The summed E-state index contributed by atoms with van der Waals surface area (Å²) < 4.78 is 22.2. The number of phosphoric ester groups is 1. The molecule has 0 aliphatic rings. The Kier molecular flexibility index (Phi) is 46.6. The smallest absolute Gasteiger partial charge is 0.393 e. The second-order valence-corrected chi connectivity index (χ2v) is 19.7. The number of allylic oxidation sites excluding steroid dienone is 1. The summed E-state index contributed by atoms with van der Waals surface area (Å²) in [5, 5.41) is 24.2. The molecule has 0 aliphatic heterocycles. The first kappa shape index (κ1) is 60.2. The summed E-state index contributed by atoms with van der Waals surface area (Å²) in [7, 11) is -4.40. The maximum Gasteiger partial charge on any atom is 0.472 e. The highest BCUT2D eigenvalue weighted by atomic mass is 31.2. The van der Waals surface area contributed by atoms with Gasteiger partial charge >= 0.3 is 7.82 Å². The second kappa shape index (κ2) is 47.2. The van der Waals surface area contributed by atoms with E-state index in [1.807, 2.05) is 6.08 Å². The highest BCUT2D eigenvalue weighted by molar-refractivity contribution is 7.47. The summed E-state index contributed by atoms with van der Waals surface area (Å²) in [6.45, 7) is 4.02. The van der Waals surface area contributed by atoms with Crippen LogP contribution in [0, 0.1) is 0 Å². The van der Waals surface area contributed by atoms with E-state index in [9.17, 15) is 24.5 Å². The number of nitrogens with one attached hydrogen (secondary N) is 1. The zero-order valence-electron chi connectivity index (χ0n) is 40.3. The quantitative estimate of drug-likeness (QED) is 0.0230. The number of unbranched alkanes of at least 4 members (excludes halogenated alkanes) is 36. The molecule has 0 fully saturated rings. The van der Waals surface area contributed by atoms with Crippen LogP contribution < -0.4 is 11.1 Å². The maximum absolute atomic E-state index is 12.9. The zero-order chi connectivity index (χ0) is 44.8. The molecule has 1 amide bonds. The van der Waals surface area contributed by atoms with Gasteiger partial charge in [0.2, 0.25) is 5.91 Å². The van der Waals surface area contributed by atoms with Crippen LogP contribution in [0.25, 0.3) is 0 Å². The monoisotopic (exact) mass is 887 g/mol. The number of amides is 1. The first-order chi connectivity index (χ1) is 29.8. The van der Waals surface area contributed by atoms with Crippen LogP contribution in [-0.4, -0.2) is 59.0 Å². The number of aliphatic hydroxyl groups excluding tert-OH is 2. The van der Waals surface area contributed by atoms with Gasteiger partial charge in [0.15, 0.2) is 0 Å². The average molecular weight is 887 g/mol. The van der Waals surface area contributed by atoms with Crippen molar-refractivity contribution in [2.75, 3.05) is 19.8 Å². The Balaban J connectivity index is 4.15. The van der Waals surface area contributed by atoms with Gasteiger partial charge < -0.3 is 26.2 Å². The summed E-state index contributed by atoms with van der Waals surface area (Å²) in [4.78, 5) is 22.9. The van der Waals surface area contributed by atoms with E-state index in [1.54, 1.807) is 6.08 Å². The number of carbonyl (C=O) groups is 1. The average Bonchev–Trinajstić information content (AvgIpc) is 3.24. The standard InChI is InChI=1S/C51H103N2O7P/c1-3-5-7-9-11-13-15-17-19-21-23-25-26-28-30-32-34-36-38-40-42-48(54)46-51(56)53-49(47-60-61(57,58)59-45-44-52)50(55)43-41-39-37-35-33-31-29-27-24-22-20-18-16-14-12-10-8-6-4-2/h41,43,48-50,54-55H,3-40,42,44-47,52H2,1-2H3,(H,53,56)(H,57,58)/b43-41+. The highest BCUT2D eigenvalue weighted by Gasteiger charge is 2.27. The number of nitrogens with two attached hydrogens (primary N) is 1. The van der Waals surface area contributed by atoms with Crippen molar-refractivity contribution in [1.29, 1.82) is 0 Å². The van der Waals surface area contributed by atoms with Crippen molar-refractivity contribution in [2.45, 2.75) is 289 Å². The van der Waals surface area contributed by atoms with Crippen molar-refractivity contribution in [3.05, 3.63) is 12.2 Å². The normalized spacial score (nSPS) is 14.4. The van der Waals surface area contributed by atoms with Crippen LogP contribution in [-0.2, 0) is 18.4 Å². The van der Waals surface area contributed by atoms with Crippen molar-refractivity contribution in [3.63, 3.8) is 0 Å². The molecule has 61 heavy (non-hydrogen) atoms. The molecule has 0 heterocycles. The van der Waals surface area contributed by atoms with Crippen LogP contribution in [0.1, 0.15) is 271 Å². The molecule has 0 saturated heterocycles. The first-order valence-electron chi connectivity index (χ1n) is 26.4. The Morgan fingerprint density at radius 3 is 1.26 bits per heavy atom. The van der Waals surface area contributed by atoms with Crippen molar-refractivity contribution in [3.8, 4) is 0 Å². The van der Waals surface area contributed by atoms with E-state index in [4.69, 9.17) is 14.8 Å². The van der Waals surface area contributed by atoms with Gasteiger partial charge in [0.1, 0.15) is 0 Å². The molecule has 0 spiro atoms. The molecule has 0 bridgehead atoms. The predicted octanol–water partition coefficient (Wildman–Crippen LogP) is 14.5. The first-order valence-corrected chi connectivity index (χ1v) is 27.9. The van der Waals surface area contributed by atoms with Crippen LogP contribution in [0.5, 0.6) is 0 Å². The van der Waals surface area contributed by atoms with Crippen LogP contribution in [0.3, 0.4) is 0 Å². The van der Waals surface area contributed by atoms with E-state index in [2.05, 4.69) is 19.2 Å². The van der Waals surface area contributed by atoms with Gasteiger partial charge in [-0.25, -0.2) is 4.57 Å². The summed E-state index contributed by atoms with van der Waals surface area (Å²) in [5.74, 6) is -0.439. The lowest BCUT2D eigenvalue weighted by Crippen LogP contribution is -2.46.